The number of carbonyl (C=O) groups excluding carboxylic acids is 1. The minimum Gasteiger partial charge on any atom is -0.508 e. The molecule has 2 aromatic carbocycles. The summed E-state index contributed by atoms with van der Waals surface area (Å²) >= 11 is 0. The van der Waals surface area contributed by atoms with Crippen LogP contribution in [0.1, 0.15) is 23.6 Å². The lowest BCUT2D eigenvalue weighted by Crippen LogP contribution is -2.08. The van der Waals surface area contributed by atoms with Gasteiger partial charge in [-0.05, 0) is 23.6 Å². The molecule has 0 fully saturated rings. The number of ether oxygens (including phenoxy) is 2. The van der Waals surface area contributed by atoms with Crippen molar-refractivity contribution < 1.29 is 24.3 Å². The van der Waals surface area contributed by atoms with E-state index in [2.05, 4.69) is 4.74 Å². The number of nitro groups is 1. The molecule has 126 valence electrons. The van der Waals surface area contributed by atoms with Crippen LogP contribution >= 0.6 is 0 Å². The molecular formula is C17H17NO6. The first-order chi connectivity index (χ1) is 11.4. The van der Waals surface area contributed by atoms with Gasteiger partial charge in [0, 0.05) is 30.2 Å². The van der Waals surface area contributed by atoms with Crippen molar-refractivity contribution in [3.8, 4) is 11.5 Å². The predicted octanol–water partition coefficient (Wildman–Crippen LogP) is 3.60. The number of aryl methyl sites for hydroxylation is 1. The van der Waals surface area contributed by atoms with Crippen LogP contribution in [0, 0.1) is 10.1 Å². The Morgan fingerprint density at radius 3 is 2.46 bits per heavy atom. The summed E-state index contributed by atoms with van der Waals surface area (Å²) in [5.74, 6) is 0.190. The molecule has 2 aromatic rings. The molecule has 0 bridgehead atoms. The monoisotopic (exact) mass is 331 g/mol. The first-order valence-corrected chi connectivity index (χ1v) is 7.28. The fraction of sp³-hybridized carbons (Fsp3) is 0.235. The van der Waals surface area contributed by atoms with Crippen molar-refractivity contribution in [1.82, 2.24) is 0 Å². The van der Waals surface area contributed by atoms with Crippen molar-refractivity contribution in [3.05, 3.63) is 63.2 Å². The number of phenolic OH excluding ortho intramolecular Hbond substituents is 1. The van der Waals surface area contributed by atoms with Gasteiger partial charge in [0.2, 0.25) is 0 Å². The molecule has 0 saturated carbocycles. The highest BCUT2D eigenvalue weighted by molar-refractivity contribution is 5.64. The number of hydrogen-bond donors (Lipinski definition) is 1. The molecule has 0 aromatic heterocycles. The van der Waals surface area contributed by atoms with Gasteiger partial charge in [0.25, 0.3) is 5.69 Å². The van der Waals surface area contributed by atoms with E-state index in [9.17, 15) is 20.0 Å². The molecule has 24 heavy (non-hydrogen) atoms. The molecule has 7 nitrogen and oxygen atoms in total. The highest BCUT2D eigenvalue weighted by Crippen LogP contribution is 2.31. The van der Waals surface area contributed by atoms with E-state index in [0.29, 0.717) is 18.4 Å². The number of benzene rings is 2. The SMILES string of the molecule is CCc1cc(OC(=O)OC)cc(O)c1Cc1ccc([N+](=O)[O-])cc1. The lowest BCUT2D eigenvalue weighted by molar-refractivity contribution is -0.384. The number of carbonyl (C=O) groups is 1. The Morgan fingerprint density at radius 2 is 1.92 bits per heavy atom. The number of non-ortho nitro benzene ring substituents is 1. The summed E-state index contributed by atoms with van der Waals surface area (Å²) in [7, 11) is 1.20. The number of nitrogens with zero attached hydrogens (tertiary/aromatic N) is 1. The number of methoxy groups -OCH3 is 1. The van der Waals surface area contributed by atoms with Gasteiger partial charge in [-0.3, -0.25) is 10.1 Å². The van der Waals surface area contributed by atoms with Crippen LogP contribution < -0.4 is 4.74 Å². The van der Waals surface area contributed by atoms with E-state index in [1.54, 1.807) is 18.2 Å². The zero-order valence-electron chi connectivity index (χ0n) is 13.3. The number of hydrogen-bond acceptors (Lipinski definition) is 6. The van der Waals surface area contributed by atoms with Crippen molar-refractivity contribution in [2.45, 2.75) is 19.8 Å². The fourth-order valence-corrected chi connectivity index (χ4v) is 2.34. The van der Waals surface area contributed by atoms with Gasteiger partial charge in [-0.15, -0.1) is 0 Å². The van der Waals surface area contributed by atoms with Gasteiger partial charge >= 0.3 is 6.16 Å². The molecule has 0 unspecified atom stereocenters. The van der Waals surface area contributed by atoms with Gasteiger partial charge in [0.05, 0.1) is 12.0 Å². The Bertz CT molecular complexity index is 754. The lowest BCUT2D eigenvalue weighted by Gasteiger charge is -2.13. The van der Waals surface area contributed by atoms with E-state index in [1.165, 1.54) is 25.3 Å². The standard InChI is InChI=1S/C17H17NO6/c1-3-12-9-14(24-17(20)23-2)10-16(19)15(12)8-11-4-6-13(7-5-11)18(21)22/h4-7,9-10,19H,3,8H2,1-2H3. The van der Waals surface area contributed by atoms with E-state index in [4.69, 9.17) is 4.74 Å². The minimum atomic E-state index is -0.862. The maximum absolute atomic E-state index is 11.2. The van der Waals surface area contributed by atoms with Crippen molar-refractivity contribution in [2.75, 3.05) is 7.11 Å². The number of rotatable bonds is 5. The van der Waals surface area contributed by atoms with Crippen molar-refractivity contribution in [3.63, 3.8) is 0 Å². The predicted molar refractivity (Wildman–Crippen MR) is 86.4 cm³/mol. The van der Waals surface area contributed by atoms with Crippen LogP contribution in [0.5, 0.6) is 11.5 Å². The molecule has 0 radical (unpaired) electrons. The van der Waals surface area contributed by atoms with E-state index in [1.807, 2.05) is 6.92 Å². The second-order valence-corrected chi connectivity index (χ2v) is 5.09. The average molecular weight is 331 g/mol. The summed E-state index contributed by atoms with van der Waals surface area (Å²) in [6.07, 6.45) is 0.166. The van der Waals surface area contributed by atoms with Crippen LogP contribution in [0.2, 0.25) is 0 Å². The van der Waals surface area contributed by atoms with Crippen LogP contribution in [-0.4, -0.2) is 23.3 Å². The van der Waals surface area contributed by atoms with Crippen LogP contribution in [-0.2, 0) is 17.6 Å². The van der Waals surface area contributed by atoms with Gasteiger partial charge in [-0.2, -0.15) is 0 Å². The van der Waals surface area contributed by atoms with Gasteiger partial charge in [0.15, 0.2) is 0 Å². The Balaban J connectivity index is 2.29. The van der Waals surface area contributed by atoms with Gasteiger partial charge in [0.1, 0.15) is 11.5 Å². The van der Waals surface area contributed by atoms with Crippen LogP contribution in [0.25, 0.3) is 0 Å². The largest absolute Gasteiger partial charge is 0.513 e. The molecule has 0 aliphatic heterocycles. The minimum absolute atomic E-state index is 0.00777. The Hall–Kier alpha value is -3.09. The molecule has 1 N–H and O–H groups in total. The third kappa shape index (κ3) is 4.01. The number of phenols is 1. The molecule has 0 heterocycles. The average Bonchev–Trinajstić information content (AvgIpc) is 2.57. The van der Waals surface area contributed by atoms with Crippen molar-refractivity contribution >= 4 is 11.8 Å². The quantitative estimate of drug-likeness (QED) is 0.389. The topological polar surface area (TPSA) is 98.9 Å². The molecule has 0 saturated heterocycles. The Labute approximate surface area is 138 Å². The maximum Gasteiger partial charge on any atom is 0.513 e. The molecule has 0 aliphatic carbocycles. The Kier molecular flexibility index (Phi) is 5.36. The highest BCUT2D eigenvalue weighted by Gasteiger charge is 2.14. The number of aromatic hydroxyl groups is 1. The van der Waals surface area contributed by atoms with E-state index < -0.39 is 11.1 Å². The fourth-order valence-electron chi connectivity index (χ4n) is 2.34. The smallest absolute Gasteiger partial charge is 0.508 e. The second kappa shape index (κ2) is 7.45. The van der Waals surface area contributed by atoms with Gasteiger partial charge < -0.3 is 14.6 Å². The van der Waals surface area contributed by atoms with Crippen molar-refractivity contribution in [2.24, 2.45) is 0 Å². The third-order valence-electron chi connectivity index (χ3n) is 3.57. The van der Waals surface area contributed by atoms with Gasteiger partial charge in [-0.25, -0.2) is 4.79 Å². The van der Waals surface area contributed by atoms with Crippen LogP contribution in [0.3, 0.4) is 0 Å². The molecule has 7 heteroatoms. The molecule has 0 spiro atoms. The maximum atomic E-state index is 11.2. The molecule has 2 rings (SSSR count). The molecular weight excluding hydrogens is 314 g/mol. The number of nitro benzene ring substituents is 1. The normalized spacial score (nSPS) is 10.2. The third-order valence-corrected chi connectivity index (χ3v) is 3.57. The zero-order valence-corrected chi connectivity index (χ0v) is 13.3. The lowest BCUT2D eigenvalue weighted by atomic mass is 9.97. The summed E-state index contributed by atoms with van der Waals surface area (Å²) in [5, 5.41) is 20.9. The Morgan fingerprint density at radius 1 is 1.25 bits per heavy atom. The van der Waals surface area contributed by atoms with Crippen LogP contribution in [0.15, 0.2) is 36.4 Å². The summed E-state index contributed by atoms with van der Waals surface area (Å²) < 4.78 is 9.36. The zero-order chi connectivity index (χ0) is 17.7. The highest BCUT2D eigenvalue weighted by atomic mass is 16.7. The molecule has 0 amide bonds. The summed E-state index contributed by atoms with van der Waals surface area (Å²) in [6.45, 7) is 1.91. The molecule has 0 aliphatic rings. The van der Waals surface area contributed by atoms with E-state index >= 15 is 0 Å². The first-order valence-electron chi connectivity index (χ1n) is 7.28. The van der Waals surface area contributed by atoms with Gasteiger partial charge in [-0.1, -0.05) is 19.1 Å². The van der Waals surface area contributed by atoms with E-state index in [0.717, 1.165) is 11.1 Å². The second-order valence-electron chi connectivity index (χ2n) is 5.09. The molecule has 0 atom stereocenters. The summed E-state index contributed by atoms with van der Waals surface area (Å²) in [4.78, 5) is 21.4. The first kappa shape index (κ1) is 17.3. The summed E-state index contributed by atoms with van der Waals surface area (Å²) in [5.41, 5.74) is 2.34. The van der Waals surface area contributed by atoms with Crippen LogP contribution in [0.4, 0.5) is 10.5 Å². The van der Waals surface area contributed by atoms with E-state index in [-0.39, 0.29) is 17.2 Å². The van der Waals surface area contributed by atoms with Crippen molar-refractivity contribution in [1.29, 1.82) is 0 Å². The summed E-state index contributed by atoms with van der Waals surface area (Å²) in [6, 6.07) is 9.15.